The highest BCUT2D eigenvalue weighted by Gasteiger charge is 2.02. The average Bonchev–Trinajstić information content (AvgIpc) is 2.37. The lowest BCUT2D eigenvalue weighted by molar-refractivity contribution is 0.278. The highest BCUT2D eigenvalue weighted by molar-refractivity contribution is 5.39. The van der Waals surface area contributed by atoms with Crippen molar-refractivity contribution < 1.29 is 9.47 Å². The molecule has 0 saturated carbocycles. The van der Waals surface area contributed by atoms with Crippen molar-refractivity contribution in [1.29, 1.82) is 0 Å². The Balaban J connectivity index is 0.00000106. The Hall–Kier alpha value is -1.26. The van der Waals surface area contributed by atoms with Gasteiger partial charge in [-0.25, -0.2) is 0 Å². The van der Waals surface area contributed by atoms with Crippen molar-refractivity contribution in [2.75, 3.05) is 26.3 Å². The van der Waals surface area contributed by atoms with Gasteiger partial charge in [0.1, 0.15) is 13.2 Å². The summed E-state index contributed by atoms with van der Waals surface area (Å²) in [6.07, 6.45) is 0. The molecular formula is C12H22N2O2. The van der Waals surface area contributed by atoms with Gasteiger partial charge in [-0.2, -0.15) is 0 Å². The highest BCUT2D eigenvalue weighted by Crippen LogP contribution is 2.25. The molecule has 16 heavy (non-hydrogen) atoms. The minimum absolute atomic E-state index is 0.489. The Morgan fingerprint density at radius 3 is 1.56 bits per heavy atom. The Bertz CT molecular complexity index is 240. The van der Waals surface area contributed by atoms with E-state index in [0.29, 0.717) is 37.8 Å². The number of hydrogen-bond donors (Lipinski definition) is 2. The molecule has 0 atom stereocenters. The molecule has 4 N–H and O–H groups in total. The fourth-order valence-corrected chi connectivity index (χ4v) is 1.03. The van der Waals surface area contributed by atoms with Gasteiger partial charge in [0.2, 0.25) is 0 Å². The van der Waals surface area contributed by atoms with Crippen LogP contribution in [0.3, 0.4) is 0 Å². The molecule has 0 aromatic heterocycles. The highest BCUT2D eigenvalue weighted by atomic mass is 16.5. The zero-order valence-corrected chi connectivity index (χ0v) is 10.1. The molecule has 1 aromatic carbocycles. The molecule has 1 aromatic rings. The zero-order chi connectivity index (χ0) is 12.2. The zero-order valence-electron chi connectivity index (χ0n) is 10.1. The topological polar surface area (TPSA) is 70.5 Å². The fraction of sp³-hybridized carbons (Fsp3) is 0.500. The molecule has 4 nitrogen and oxygen atoms in total. The van der Waals surface area contributed by atoms with Crippen LogP contribution in [0.15, 0.2) is 24.3 Å². The van der Waals surface area contributed by atoms with Crippen molar-refractivity contribution in [2.24, 2.45) is 11.5 Å². The molecule has 0 aliphatic rings. The van der Waals surface area contributed by atoms with E-state index in [2.05, 4.69) is 0 Å². The van der Waals surface area contributed by atoms with Gasteiger partial charge in [-0.05, 0) is 12.1 Å². The van der Waals surface area contributed by atoms with Gasteiger partial charge in [0.25, 0.3) is 0 Å². The lowest BCUT2D eigenvalue weighted by atomic mass is 10.3. The first-order chi connectivity index (χ1) is 7.88. The molecular weight excluding hydrogens is 204 g/mol. The summed E-state index contributed by atoms with van der Waals surface area (Å²) in [5.74, 6) is 1.43. The van der Waals surface area contributed by atoms with E-state index < -0.39 is 0 Å². The molecule has 0 amide bonds. The summed E-state index contributed by atoms with van der Waals surface area (Å²) in [6, 6.07) is 7.48. The Labute approximate surface area is 97.5 Å². The Kier molecular flexibility index (Phi) is 9.46. The second-order valence-electron chi connectivity index (χ2n) is 2.72. The molecule has 0 heterocycles. The quantitative estimate of drug-likeness (QED) is 0.769. The molecule has 0 unspecified atom stereocenters. The number of para-hydroxylation sites is 2. The van der Waals surface area contributed by atoms with E-state index in [0.717, 1.165) is 0 Å². The molecule has 0 bridgehead atoms. The van der Waals surface area contributed by atoms with E-state index in [1.165, 1.54) is 0 Å². The predicted octanol–water partition coefficient (Wildman–Crippen LogP) is 1.39. The largest absolute Gasteiger partial charge is 0.488 e. The maximum atomic E-state index is 5.39. The maximum absolute atomic E-state index is 5.39. The molecule has 92 valence electrons. The molecule has 4 heteroatoms. The minimum Gasteiger partial charge on any atom is -0.488 e. The smallest absolute Gasteiger partial charge is 0.161 e. The predicted molar refractivity (Wildman–Crippen MR) is 66.9 cm³/mol. The second kappa shape index (κ2) is 10.3. The van der Waals surface area contributed by atoms with Gasteiger partial charge in [0.15, 0.2) is 11.5 Å². The van der Waals surface area contributed by atoms with Crippen molar-refractivity contribution in [3.8, 4) is 11.5 Å². The van der Waals surface area contributed by atoms with Crippen molar-refractivity contribution in [3.63, 3.8) is 0 Å². The molecule has 0 saturated heterocycles. The molecule has 1 rings (SSSR count). The monoisotopic (exact) mass is 226 g/mol. The molecule has 0 radical (unpaired) electrons. The lowest BCUT2D eigenvalue weighted by Gasteiger charge is -2.10. The maximum Gasteiger partial charge on any atom is 0.161 e. The third kappa shape index (κ3) is 5.58. The summed E-state index contributed by atoms with van der Waals surface area (Å²) in [5.41, 5.74) is 10.7. The molecule has 0 aliphatic heterocycles. The van der Waals surface area contributed by atoms with Crippen LogP contribution in [0.2, 0.25) is 0 Å². The Morgan fingerprint density at radius 1 is 0.875 bits per heavy atom. The second-order valence-corrected chi connectivity index (χ2v) is 2.72. The summed E-state index contributed by atoms with van der Waals surface area (Å²) in [7, 11) is 0. The molecule has 0 fully saturated rings. The Morgan fingerprint density at radius 2 is 1.25 bits per heavy atom. The normalized spacial score (nSPS) is 9.00. The summed E-state index contributed by atoms with van der Waals surface area (Å²) in [6.45, 7) is 5.96. The summed E-state index contributed by atoms with van der Waals surface area (Å²) in [5, 5.41) is 0. The van der Waals surface area contributed by atoms with Crippen molar-refractivity contribution in [1.82, 2.24) is 0 Å². The number of ether oxygens (including phenoxy) is 2. The van der Waals surface area contributed by atoms with E-state index in [4.69, 9.17) is 20.9 Å². The molecule has 0 aliphatic carbocycles. The van der Waals surface area contributed by atoms with Crippen LogP contribution in [0.1, 0.15) is 13.8 Å². The van der Waals surface area contributed by atoms with Crippen LogP contribution in [0.25, 0.3) is 0 Å². The summed E-state index contributed by atoms with van der Waals surface area (Å²) < 4.78 is 10.8. The van der Waals surface area contributed by atoms with Gasteiger partial charge in [-0.15, -0.1) is 0 Å². The SMILES string of the molecule is CC.NCCOc1ccccc1OCCN. The molecule has 0 spiro atoms. The van der Waals surface area contributed by atoms with Gasteiger partial charge < -0.3 is 20.9 Å². The first-order valence-electron chi connectivity index (χ1n) is 5.63. The van der Waals surface area contributed by atoms with Crippen LogP contribution < -0.4 is 20.9 Å². The standard InChI is InChI=1S/C10H16N2O2.C2H6/c11-5-7-13-9-3-1-2-4-10(9)14-8-6-12;1-2/h1-4H,5-8,11-12H2;1-2H3. The van der Waals surface area contributed by atoms with Gasteiger partial charge in [0, 0.05) is 13.1 Å². The van der Waals surface area contributed by atoms with E-state index >= 15 is 0 Å². The van der Waals surface area contributed by atoms with Crippen molar-refractivity contribution in [2.45, 2.75) is 13.8 Å². The van der Waals surface area contributed by atoms with E-state index in [-0.39, 0.29) is 0 Å². The number of benzene rings is 1. The van der Waals surface area contributed by atoms with Crippen LogP contribution in [-0.2, 0) is 0 Å². The van der Waals surface area contributed by atoms with Crippen LogP contribution in [0, 0.1) is 0 Å². The van der Waals surface area contributed by atoms with Crippen LogP contribution >= 0.6 is 0 Å². The van der Waals surface area contributed by atoms with Crippen molar-refractivity contribution in [3.05, 3.63) is 24.3 Å². The fourth-order valence-electron chi connectivity index (χ4n) is 1.03. The average molecular weight is 226 g/mol. The number of nitrogens with two attached hydrogens (primary N) is 2. The van der Waals surface area contributed by atoms with Crippen molar-refractivity contribution >= 4 is 0 Å². The number of rotatable bonds is 6. The minimum atomic E-state index is 0.489. The van der Waals surface area contributed by atoms with Gasteiger partial charge in [-0.3, -0.25) is 0 Å². The van der Waals surface area contributed by atoms with Gasteiger partial charge >= 0.3 is 0 Å². The van der Waals surface area contributed by atoms with Gasteiger partial charge in [0.05, 0.1) is 0 Å². The number of hydrogen-bond acceptors (Lipinski definition) is 4. The first kappa shape index (κ1) is 14.7. The van der Waals surface area contributed by atoms with E-state index in [9.17, 15) is 0 Å². The lowest BCUT2D eigenvalue weighted by Crippen LogP contribution is -2.13. The third-order valence-corrected chi connectivity index (χ3v) is 1.60. The van der Waals surface area contributed by atoms with Gasteiger partial charge in [-0.1, -0.05) is 26.0 Å². The van der Waals surface area contributed by atoms with E-state index in [1.54, 1.807) is 0 Å². The van der Waals surface area contributed by atoms with Crippen LogP contribution in [0.4, 0.5) is 0 Å². The van der Waals surface area contributed by atoms with Crippen LogP contribution in [-0.4, -0.2) is 26.3 Å². The van der Waals surface area contributed by atoms with E-state index in [1.807, 2.05) is 38.1 Å². The van der Waals surface area contributed by atoms with Crippen LogP contribution in [0.5, 0.6) is 11.5 Å². The third-order valence-electron chi connectivity index (χ3n) is 1.60. The summed E-state index contributed by atoms with van der Waals surface area (Å²) >= 11 is 0. The summed E-state index contributed by atoms with van der Waals surface area (Å²) in [4.78, 5) is 0. The first-order valence-corrected chi connectivity index (χ1v) is 5.63.